The van der Waals surface area contributed by atoms with E-state index in [0.717, 1.165) is 54.6 Å². The molecule has 0 spiro atoms. The van der Waals surface area contributed by atoms with Crippen LogP contribution in [0.4, 0.5) is 0 Å². The Morgan fingerprint density at radius 2 is 1.02 bits per heavy atom. The summed E-state index contributed by atoms with van der Waals surface area (Å²) < 4.78 is 1.47. The molecule has 2 nitrogen and oxygen atoms in total. The van der Waals surface area contributed by atoms with Crippen LogP contribution in [0.15, 0.2) is 60.2 Å². The molecule has 3 rings (SSSR count). The topological polar surface area (TPSA) is 25.3 Å². The van der Waals surface area contributed by atoms with E-state index in [1.165, 1.54) is 98.4 Å². The van der Waals surface area contributed by atoms with E-state index in [1.54, 1.807) is 0 Å². The first-order chi connectivity index (χ1) is 18.7. The van der Waals surface area contributed by atoms with E-state index in [1.807, 2.05) is 0 Å². The van der Waals surface area contributed by atoms with E-state index >= 15 is 0 Å². The van der Waals surface area contributed by atoms with Crippen molar-refractivity contribution in [2.24, 2.45) is 0 Å². The maximum absolute atomic E-state index is 11.5. The SMILES string of the molecule is CCCCCCCCc1cccc(C2=CC(CCCC)=C(c3cccc(CCCCCCCC)c3)[N+]2=[N-])c1.[CH3-].[CH3-].[Pd+2]. The van der Waals surface area contributed by atoms with Crippen LogP contribution < -0.4 is 0 Å². The van der Waals surface area contributed by atoms with Gasteiger partial charge in [0.1, 0.15) is 0 Å². The minimum absolute atomic E-state index is 0. The Kier molecular flexibility index (Phi) is 21.7. The maximum Gasteiger partial charge on any atom is 2.00 e. The van der Waals surface area contributed by atoms with Crippen LogP contribution in [0, 0.1) is 14.9 Å². The van der Waals surface area contributed by atoms with Crippen LogP contribution in [-0.2, 0) is 33.3 Å². The Labute approximate surface area is 268 Å². The first-order valence-corrected chi connectivity index (χ1v) is 15.8. The molecule has 2 aromatic rings. The minimum atomic E-state index is 0. The fourth-order valence-corrected chi connectivity index (χ4v) is 5.60. The van der Waals surface area contributed by atoms with Gasteiger partial charge in [-0.05, 0) is 73.9 Å². The monoisotopic (exact) mass is 648 g/mol. The Balaban J connectivity index is 0.00000533. The number of rotatable bonds is 19. The molecule has 0 fully saturated rings. The van der Waals surface area contributed by atoms with Crippen molar-refractivity contribution in [2.75, 3.05) is 0 Å². The molecule has 0 amide bonds. The van der Waals surface area contributed by atoms with Gasteiger partial charge >= 0.3 is 20.4 Å². The van der Waals surface area contributed by atoms with Gasteiger partial charge in [-0.1, -0.05) is 116 Å². The number of unbranched alkanes of at least 4 members (excludes halogenated alkanes) is 11. The summed E-state index contributed by atoms with van der Waals surface area (Å²) in [5.74, 6) is 0. The summed E-state index contributed by atoms with van der Waals surface area (Å²) in [5.41, 5.74) is 19.6. The molecule has 41 heavy (non-hydrogen) atoms. The van der Waals surface area contributed by atoms with E-state index < -0.39 is 0 Å². The van der Waals surface area contributed by atoms with E-state index in [0.29, 0.717) is 0 Å². The molecule has 1 aliphatic rings. The second-order valence-electron chi connectivity index (χ2n) is 11.3. The fourth-order valence-electron chi connectivity index (χ4n) is 5.60. The summed E-state index contributed by atoms with van der Waals surface area (Å²) in [5, 5.41) is 0. The van der Waals surface area contributed by atoms with Crippen molar-refractivity contribution < 1.29 is 25.1 Å². The van der Waals surface area contributed by atoms with Crippen LogP contribution in [0.25, 0.3) is 16.9 Å². The van der Waals surface area contributed by atoms with Crippen LogP contribution in [0.1, 0.15) is 139 Å². The number of nitrogens with zero attached hydrogens (tertiary/aromatic N) is 2. The quantitative estimate of drug-likeness (QED) is 0.0627. The van der Waals surface area contributed by atoms with Crippen molar-refractivity contribution >= 4 is 11.4 Å². The predicted octanol–water partition coefficient (Wildman–Crippen LogP) is 12.4. The van der Waals surface area contributed by atoms with Crippen molar-refractivity contribution in [2.45, 2.75) is 130 Å². The molecular formula is C38H58N2Pd. The average Bonchev–Trinajstić information content (AvgIpc) is 3.27. The smallest absolute Gasteiger partial charge is 0.493 e. The molecule has 0 saturated carbocycles. The standard InChI is InChI=1S/C36H52N2.2CH3.Pd/c1-4-7-10-12-14-16-20-30-22-18-25-32(27-30)35-29-34(24-9-6-3)36(38(35)37)33-26-19-23-31(28-33)21-17-15-13-11-8-5-2;;;/h18-19,22-23,25-29H,4-17,20-21,24H2,1-3H3;2*1H3;/q;2*-1;+2. The Morgan fingerprint density at radius 3 is 1.56 bits per heavy atom. The third-order valence-corrected chi connectivity index (χ3v) is 7.92. The summed E-state index contributed by atoms with van der Waals surface area (Å²) in [6.45, 7) is 6.79. The summed E-state index contributed by atoms with van der Waals surface area (Å²) in [6.07, 6.45) is 23.5. The summed E-state index contributed by atoms with van der Waals surface area (Å²) in [7, 11) is 0. The molecule has 0 aromatic heterocycles. The molecule has 3 heteroatoms. The van der Waals surface area contributed by atoms with E-state index in [2.05, 4.69) is 75.4 Å². The van der Waals surface area contributed by atoms with Crippen molar-refractivity contribution in [3.63, 3.8) is 0 Å². The molecule has 0 atom stereocenters. The van der Waals surface area contributed by atoms with Crippen molar-refractivity contribution in [1.82, 2.24) is 0 Å². The van der Waals surface area contributed by atoms with Crippen LogP contribution in [0.2, 0.25) is 0 Å². The maximum atomic E-state index is 11.5. The van der Waals surface area contributed by atoms with Gasteiger partial charge in [0.05, 0.1) is 0 Å². The van der Waals surface area contributed by atoms with Crippen LogP contribution >= 0.6 is 0 Å². The normalized spacial score (nSPS) is 12.5. The molecule has 2 aromatic carbocycles. The molecular weight excluding hydrogens is 591 g/mol. The molecule has 0 saturated heterocycles. The summed E-state index contributed by atoms with van der Waals surface area (Å²) in [6, 6.07) is 17.7. The second kappa shape index (κ2) is 22.7. The van der Waals surface area contributed by atoms with Gasteiger partial charge in [-0.15, -0.1) is 0 Å². The first-order valence-electron chi connectivity index (χ1n) is 15.8. The van der Waals surface area contributed by atoms with Gasteiger partial charge in [-0.3, -0.25) is 0 Å². The average molecular weight is 649 g/mol. The number of aryl methyl sites for hydroxylation is 2. The fraction of sp³-hybridized carbons (Fsp3) is 0.526. The van der Waals surface area contributed by atoms with Gasteiger partial charge in [0, 0.05) is 22.8 Å². The first kappa shape index (κ1) is 39.2. The number of hydrogen-bond donors (Lipinski definition) is 0. The van der Waals surface area contributed by atoms with Crippen molar-refractivity contribution in [1.29, 1.82) is 0 Å². The summed E-state index contributed by atoms with van der Waals surface area (Å²) in [4.78, 5) is 0. The van der Waals surface area contributed by atoms with E-state index in [9.17, 15) is 5.53 Å². The molecule has 0 radical (unpaired) electrons. The zero-order chi connectivity index (χ0) is 27.0. The van der Waals surface area contributed by atoms with Gasteiger partial charge < -0.3 is 20.4 Å². The molecule has 1 heterocycles. The van der Waals surface area contributed by atoms with E-state index in [4.69, 9.17) is 0 Å². The minimum Gasteiger partial charge on any atom is -0.493 e. The zero-order valence-corrected chi connectivity index (χ0v) is 28.5. The Hall–Kier alpha value is -1.82. The Morgan fingerprint density at radius 1 is 0.561 bits per heavy atom. The summed E-state index contributed by atoms with van der Waals surface area (Å²) >= 11 is 0. The molecule has 230 valence electrons. The molecule has 0 unspecified atom stereocenters. The Bertz CT molecular complexity index is 1070. The zero-order valence-electron chi connectivity index (χ0n) is 26.9. The van der Waals surface area contributed by atoms with Crippen LogP contribution in [0.5, 0.6) is 0 Å². The third kappa shape index (κ3) is 12.9. The predicted molar refractivity (Wildman–Crippen MR) is 178 cm³/mol. The number of benzene rings is 2. The van der Waals surface area contributed by atoms with Gasteiger partial charge in [-0.25, -0.2) is 4.70 Å². The largest absolute Gasteiger partial charge is 2.00 e. The second-order valence-corrected chi connectivity index (χ2v) is 11.3. The molecule has 0 aliphatic carbocycles. The van der Waals surface area contributed by atoms with Crippen molar-refractivity contribution in [3.05, 3.63) is 103 Å². The van der Waals surface area contributed by atoms with Gasteiger partial charge in [0.25, 0.3) is 0 Å². The van der Waals surface area contributed by atoms with Crippen LogP contribution in [-0.4, -0.2) is 4.70 Å². The van der Waals surface area contributed by atoms with E-state index in [-0.39, 0.29) is 35.3 Å². The van der Waals surface area contributed by atoms with Gasteiger partial charge in [0.15, 0.2) is 0 Å². The molecule has 0 N–H and O–H groups in total. The molecule has 1 aliphatic heterocycles. The number of hydrogen-bond acceptors (Lipinski definition) is 0. The number of allylic oxidation sites excluding steroid dienone is 2. The van der Waals surface area contributed by atoms with Crippen LogP contribution in [0.3, 0.4) is 0 Å². The third-order valence-electron chi connectivity index (χ3n) is 7.92. The van der Waals surface area contributed by atoms with Gasteiger partial charge in [0.2, 0.25) is 11.4 Å². The van der Waals surface area contributed by atoms with Gasteiger partial charge in [-0.2, -0.15) is 0 Å². The molecule has 0 bridgehead atoms. The van der Waals surface area contributed by atoms with Crippen molar-refractivity contribution in [3.8, 4) is 0 Å².